The van der Waals surface area contributed by atoms with Gasteiger partial charge in [-0.3, -0.25) is 0 Å². The summed E-state index contributed by atoms with van der Waals surface area (Å²) in [6.45, 7) is 6.61. The van der Waals surface area contributed by atoms with Crippen LogP contribution >= 0.6 is 0 Å². The molecule has 3 atom stereocenters. The molecule has 1 fully saturated rings. The Morgan fingerprint density at radius 3 is 2.61 bits per heavy atom. The number of methoxy groups -OCH3 is 1. The van der Waals surface area contributed by atoms with Crippen molar-refractivity contribution < 1.29 is 4.74 Å². The molecule has 0 spiro atoms. The van der Waals surface area contributed by atoms with E-state index in [2.05, 4.69) is 19.2 Å². The van der Waals surface area contributed by atoms with Crippen molar-refractivity contribution in [3.63, 3.8) is 0 Å². The Balaban J connectivity index is 2.34. The molecule has 0 amide bonds. The van der Waals surface area contributed by atoms with E-state index in [1.165, 1.54) is 51.4 Å². The molecule has 1 aliphatic rings. The van der Waals surface area contributed by atoms with Crippen LogP contribution in [0.25, 0.3) is 0 Å². The summed E-state index contributed by atoms with van der Waals surface area (Å²) in [5, 5.41) is 3.71. The lowest BCUT2D eigenvalue weighted by Gasteiger charge is -2.37. The van der Waals surface area contributed by atoms with Crippen LogP contribution in [0.15, 0.2) is 0 Å². The number of ether oxygens (including phenoxy) is 1. The minimum absolute atomic E-state index is 0.783. The first kappa shape index (κ1) is 16.0. The molecular formula is C16H33NO. The molecule has 0 saturated heterocycles. The molecule has 0 aromatic carbocycles. The number of hydrogen-bond donors (Lipinski definition) is 1. The average molecular weight is 255 g/mol. The number of nitrogens with one attached hydrogen (secondary N) is 1. The maximum atomic E-state index is 5.15. The van der Waals surface area contributed by atoms with Crippen molar-refractivity contribution in [1.82, 2.24) is 5.32 Å². The summed E-state index contributed by atoms with van der Waals surface area (Å²) in [5.74, 6) is 1.91. The van der Waals surface area contributed by atoms with Gasteiger partial charge in [-0.2, -0.15) is 0 Å². The van der Waals surface area contributed by atoms with E-state index in [0.717, 1.165) is 31.0 Å². The Morgan fingerprint density at radius 1 is 1.11 bits per heavy atom. The summed E-state index contributed by atoms with van der Waals surface area (Å²) in [6, 6.07) is 0.783. The maximum Gasteiger partial charge on any atom is 0.0462 e. The molecule has 0 bridgehead atoms. The fourth-order valence-corrected chi connectivity index (χ4v) is 3.53. The zero-order chi connectivity index (χ0) is 13.2. The third-order valence-corrected chi connectivity index (χ3v) is 4.43. The monoisotopic (exact) mass is 255 g/mol. The molecule has 0 radical (unpaired) electrons. The molecule has 1 N–H and O–H groups in total. The van der Waals surface area contributed by atoms with Gasteiger partial charge in [-0.05, 0) is 50.5 Å². The molecular weight excluding hydrogens is 222 g/mol. The van der Waals surface area contributed by atoms with E-state index in [1.807, 2.05) is 0 Å². The van der Waals surface area contributed by atoms with Gasteiger partial charge in [0.15, 0.2) is 0 Å². The fourth-order valence-electron chi connectivity index (χ4n) is 3.53. The summed E-state index contributed by atoms with van der Waals surface area (Å²) >= 11 is 0. The van der Waals surface area contributed by atoms with Crippen molar-refractivity contribution in [3.8, 4) is 0 Å². The van der Waals surface area contributed by atoms with E-state index >= 15 is 0 Å². The number of hydrogen-bond acceptors (Lipinski definition) is 2. The van der Waals surface area contributed by atoms with Crippen LogP contribution < -0.4 is 5.32 Å². The van der Waals surface area contributed by atoms with E-state index in [4.69, 9.17) is 4.74 Å². The summed E-state index contributed by atoms with van der Waals surface area (Å²) in [5.41, 5.74) is 0. The van der Waals surface area contributed by atoms with Gasteiger partial charge < -0.3 is 10.1 Å². The average Bonchev–Trinajstić information content (AvgIpc) is 2.38. The van der Waals surface area contributed by atoms with Crippen LogP contribution in [-0.2, 0) is 4.74 Å². The Labute approximate surface area is 114 Å². The molecule has 1 aliphatic carbocycles. The van der Waals surface area contributed by atoms with E-state index in [0.29, 0.717) is 0 Å². The molecule has 0 aliphatic heterocycles. The minimum Gasteiger partial charge on any atom is -0.385 e. The second kappa shape index (κ2) is 9.80. The minimum atomic E-state index is 0.783. The second-order valence-corrected chi connectivity index (χ2v) is 5.88. The predicted octanol–water partition coefficient (Wildman–Crippen LogP) is 4.00. The van der Waals surface area contributed by atoms with E-state index in [9.17, 15) is 0 Å². The highest BCUT2D eigenvalue weighted by Gasteiger charge is 2.28. The Bertz CT molecular complexity index is 196. The van der Waals surface area contributed by atoms with Crippen LogP contribution in [0.4, 0.5) is 0 Å². The van der Waals surface area contributed by atoms with Gasteiger partial charge in [0.25, 0.3) is 0 Å². The third-order valence-electron chi connectivity index (χ3n) is 4.43. The highest BCUT2D eigenvalue weighted by Crippen LogP contribution is 2.34. The van der Waals surface area contributed by atoms with Gasteiger partial charge in [0.05, 0.1) is 0 Å². The van der Waals surface area contributed by atoms with Crippen LogP contribution in [0.2, 0.25) is 0 Å². The van der Waals surface area contributed by atoms with E-state index in [1.54, 1.807) is 7.11 Å². The van der Waals surface area contributed by atoms with Gasteiger partial charge in [-0.1, -0.05) is 33.1 Å². The SMILES string of the molecule is CCCC1CCC(NCC)C(CCCCOC)C1. The zero-order valence-electron chi connectivity index (χ0n) is 12.7. The molecule has 1 saturated carbocycles. The van der Waals surface area contributed by atoms with Gasteiger partial charge in [0.1, 0.15) is 0 Å². The van der Waals surface area contributed by atoms with Gasteiger partial charge in [-0.15, -0.1) is 0 Å². The largest absolute Gasteiger partial charge is 0.385 e. The Kier molecular flexibility index (Phi) is 8.70. The molecule has 0 aromatic heterocycles. The standard InChI is InChI=1S/C16H33NO/c1-4-8-14-10-11-16(17-5-2)15(13-14)9-6-7-12-18-3/h14-17H,4-13H2,1-3H3. The molecule has 108 valence electrons. The highest BCUT2D eigenvalue weighted by atomic mass is 16.5. The molecule has 0 aromatic rings. The third kappa shape index (κ3) is 5.71. The summed E-state index contributed by atoms with van der Waals surface area (Å²) in [6.07, 6.45) is 11.0. The Morgan fingerprint density at radius 2 is 1.94 bits per heavy atom. The zero-order valence-corrected chi connectivity index (χ0v) is 12.7. The molecule has 3 unspecified atom stereocenters. The van der Waals surface area contributed by atoms with Crippen LogP contribution in [0, 0.1) is 11.8 Å². The highest BCUT2D eigenvalue weighted by molar-refractivity contribution is 4.84. The first-order valence-electron chi connectivity index (χ1n) is 8.04. The lowest BCUT2D eigenvalue weighted by Crippen LogP contribution is -2.40. The molecule has 1 rings (SSSR count). The maximum absolute atomic E-state index is 5.15. The van der Waals surface area contributed by atoms with Gasteiger partial charge in [0, 0.05) is 19.8 Å². The van der Waals surface area contributed by atoms with Crippen LogP contribution in [0.5, 0.6) is 0 Å². The topological polar surface area (TPSA) is 21.3 Å². The van der Waals surface area contributed by atoms with Crippen molar-refractivity contribution in [2.75, 3.05) is 20.3 Å². The molecule has 2 nitrogen and oxygen atoms in total. The summed E-state index contributed by atoms with van der Waals surface area (Å²) < 4.78 is 5.15. The van der Waals surface area contributed by atoms with Gasteiger partial charge in [-0.25, -0.2) is 0 Å². The second-order valence-electron chi connectivity index (χ2n) is 5.88. The molecule has 0 heterocycles. The summed E-state index contributed by atoms with van der Waals surface area (Å²) in [4.78, 5) is 0. The van der Waals surface area contributed by atoms with Crippen molar-refractivity contribution in [1.29, 1.82) is 0 Å². The lowest BCUT2D eigenvalue weighted by atomic mass is 9.74. The van der Waals surface area contributed by atoms with Gasteiger partial charge in [0.2, 0.25) is 0 Å². The van der Waals surface area contributed by atoms with E-state index < -0.39 is 0 Å². The van der Waals surface area contributed by atoms with Crippen LogP contribution in [0.1, 0.15) is 65.2 Å². The quantitative estimate of drug-likeness (QED) is 0.629. The van der Waals surface area contributed by atoms with Crippen molar-refractivity contribution in [2.45, 2.75) is 71.3 Å². The first-order chi connectivity index (χ1) is 8.81. The normalized spacial score (nSPS) is 28.5. The van der Waals surface area contributed by atoms with Crippen molar-refractivity contribution in [2.24, 2.45) is 11.8 Å². The fraction of sp³-hybridized carbons (Fsp3) is 1.00. The van der Waals surface area contributed by atoms with E-state index in [-0.39, 0.29) is 0 Å². The van der Waals surface area contributed by atoms with Crippen molar-refractivity contribution in [3.05, 3.63) is 0 Å². The predicted molar refractivity (Wildman–Crippen MR) is 78.9 cm³/mol. The first-order valence-corrected chi connectivity index (χ1v) is 8.04. The lowest BCUT2D eigenvalue weighted by molar-refractivity contribution is 0.167. The van der Waals surface area contributed by atoms with Crippen LogP contribution in [0.3, 0.4) is 0 Å². The van der Waals surface area contributed by atoms with Crippen molar-refractivity contribution >= 4 is 0 Å². The number of rotatable bonds is 9. The van der Waals surface area contributed by atoms with Crippen LogP contribution in [-0.4, -0.2) is 26.3 Å². The Hall–Kier alpha value is -0.0800. The van der Waals surface area contributed by atoms with Gasteiger partial charge >= 0.3 is 0 Å². The smallest absolute Gasteiger partial charge is 0.0462 e. The summed E-state index contributed by atoms with van der Waals surface area (Å²) in [7, 11) is 1.80. The molecule has 18 heavy (non-hydrogen) atoms. The molecule has 2 heteroatoms. The number of unbranched alkanes of at least 4 members (excludes halogenated alkanes) is 1.